The Balaban J connectivity index is 1.57. The Morgan fingerprint density at radius 3 is 2.44 bits per heavy atom. The van der Waals surface area contributed by atoms with Gasteiger partial charge in [-0.3, -0.25) is 24.0 Å². The Kier molecular flexibility index (Phi) is 6.00. The van der Waals surface area contributed by atoms with Crippen LogP contribution in [0.1, 0.15) is 32.3 Å². The highest BCUT2D eigenvalue weighted by molar-refractivity contribution is 7.18. The molecule has 0 saturated heterocycles. The van der Waals surface area contributed by atoms with E-state index in [2.05, 4.69) is 41.5 Å². The van der Waals surface area contributed by atoms with Crippen LogP contribution in [0.5, 0.6) is 0 Å². The zero-order valence-corrected chi connectivity index (χ0v) is 18.8. The van der Waals surface area contributed by atoms with Crippen molar-refractivity contribution in [3.63, 3.8) is 0 Å². The van der Waals surface area contributed by atoms with Gasteiger partial charge in [0.1, 0.15) is 11.6 Å². The number of fused-ring (bicyclic) bond motifs is 1. The van der Waals surface area contributed by atoms with Crippen LogP contribution < -0.4 is 16.6 Å². The van der Waals surface area contributed by atoms with Gasteiger partial charge in [-0.1, -0.05) is 61.6 Å². The molecule has 4 aromatic rings. The number of hydrogen-bond donors (Lipinski definition) is 1. The minimum atomic E-state index is -0.519. The molecular weight excluding hydrogens is 426 g/mol. The van der Waals surface area contributed by atoms with Crippen LogP contribution in [-0.2, 0) is 17.9 Å². The van der Waals surface area contributed by atoms with E-state index in [0.29, 0.717) is 27.0 Å². The van der Waals surface area contributed by atoms with E-state index in [1.54, 1.807) is 31.2 Å². The molecule has 9 heteroatoms. The number of para-hydroxylation sites is 1. The van der Waals surface area contributed by atoms with Gasteiger partial charge in [-0.15, -0.1) is 10.2 Å². The lowest BCUT2D eigenvalue weighted by Crippen LogP contribution is -2.41. The molecule has 0 aliphatic heterocycles. The van der Waals surface area contributed by atoms with E-state index in [0.717, 1.165) is 10.1 Å². The lowest BCUT2D eigenvalue weighted by molar-refractivity contribution is -0.116. The molecule has 164 valence electrons. The highest BCUT2D eigenvalue weighted by Gasteiger charge is 2.16. The van der Waals surface area contributed by atoms with E-state index in [1.807, 2.05) is 12.1 Å². The number of nitrogens with zero attached hydrogens (tertiary/aromatic N) is 4. The van der Waals surface area contributed by atoms with Gasteiger partial charge in [0.05, 0.1) is 10.9 Å². The third kappa shape index (κ3) is 4.11. The van der Waals surface area contributed by atoms with Gasteiger partial charge in [-0.25, -0.2) is 4.79 Å². The fourth-order valence-corrected chi connectivity index (χ4v) is 4.27. The lowest BCUT2D eigenvalue weighted by atomic mass is 10.0. The van der Waals surface area contributed by atoms with Gasteiger partial charge in [-0.2, -0.15) is 0 Å². The molecule has 0 radical (unpaired) electrons. The van der Waals surface area contributed by atoms with Crippen LogP contribution in [0.25, 0.3) is 21.5 Å². The first-order valence-electron chi connectivity index (χ1n) is 10.3. The average Bonchev–Trinajstić information content (AvgIpc) is 3.25. The van der Waals surface area contributed by atoms with E-state index in [1.165, 1.54) is 21.5 Å². The van der Waals surface area contributed by atoms with Crippen LogP contribution in [0.2, 0.25) is 0 Å². The Bertz CT molecular complexity index is 1400. The second-order valence-corrected chi connectivity index (χ2v) is 8.65. The number of aromatic nitrogens is 4. The summed E-state index contributed by atoms with van der Waals surface area (Å²) in [6, 6.07) is 14.9. The van der Waals surface area contributed by atoms with Crippen molar-refractivity contribution in [2.75, 3.05) is 5.32 Å². The van der Waals surface area contributed by atoms with Crippen LogP contribution in [0.3, 0.4) is 0 Å². The molecule has 0 bridgehead atoms. The van der Waals surface area contributed by atoms with Gasteiger partial charge >= 0.3 is 5.69 Å². The average molecular weight is 450 g/mol. The van der Waals surface area contributed by atoms with E-state index in [4.69, 9.17) is 0 Å². The Morgan fingerprint density at radius 1 is 1.03 bits per heavy atom. The van der Waals surface area contributed by atoms with Crippen molar-refractivity contribution in [1.29, 1.82) is 0 Å². The number of anilines is 1. The van der Waals surface area contributed by atoms with Crippen LogP contribution in [-0.4, -0.2) is 25.2 Å². The molecule has 0 aliphatic rings. The first-order chi connectivity index (χ1) is 15.4. The molecule has 2 heterocycles. The first kappa shape index (κ1) is 21.6. The van der Waals surface area contributed by atoms with Crippen molar-refractivity contribution in [2.45, 2.75) is 39.8 Å². The maximum absolute atomic E-state index is 12.8. The monoisotopic (exact) mass is 449 g/mol. The zero-order valence-electron chi connectivity index (χ0n) is 18.0. The number of hydrogen-bond acceptors (Lipinski definition) is 6. The molecule has 2 aromatic carbocycles. The van der Waals surface area contributed by atoms with Crippen LogP contribution in [0.15, 0.2) is 58.1 Å². The molecule has 4 rings (SSSR count). The molecule has 32 heavy (non-hydrogen) atoms. The highest BCUT2D eigenvalue weighted by atomic mass is 32.1. The Hall–Kier alpha value is -3.59. The molecular formula is C23H23N5O3S. The second kappa shape index (κ2) is 8.88. The molecule has 8 nitrogen and oxygen atoms in total. The van der Waals surface area contributed by atoms with E-state index in [-0.39, 0.29) is 18.6 Å². The summed E-state index contributed by atoms with van der Waals surface area (Å²) < 4.78 is 2.43. The SMILES string of the molecule is CCn1c(=O)c2ccccc2n(CC(=O)Nc2nnc(-c3ccc(C(C)C)cc3)s2)c1=O. The Labute approximate surface area is 188 Å². The van der Waals surface area contributed by atoms with E-state index in [9.17, 15) is 14.4 Å². The summed E-state index contributed by atoms with van der Waals surface area (Å²) in [5, 5.41) is 12.4. The molecule has 0 unspecified atom stereocenters. The molecule has 0 saturated carbocycles. The van der Waals surface area contributed by atoms with Gasteiger partial charge in [0.15, 0.2) is 0 Å². The number of amides is 1. The topological polar surface area (TPSA) is 98.9 Å². The van der Waals surface area contributed by atoms with Crippen molar-refractivity contribution in [3.8, 4) is 10.6 Å². The van der Waals surface area contributed by atoms with Gasteiger partial charge in [0.25, 0.3) is 5.56 Å². The largest absolute Gasteiger partial charge is 0.331 e. The lowest BCUT2D eigenvalue weighted by Gasteiger charge is -2.12. The first-order valence-corrected chi connectivity index (χ1v) is 11.2. The molecule has 0 spiro atoms. The quantitative estimate of drug-likeness (QED) is 0.486. The fraction of sp³-hybridized carbons (Fsp3) is 0.261. The van der Waals surface area contributed by atoms with Crippen molar-refractivity contribution in [3.05, 3.63) is 74.9 Å². The van der Waals surface area contributed by atoms with Crippen molar-refractivity contribution >= 4 is 33.3 Å². The number of benzene rings is 2. The number of rotatable bonds is 6. The van der Waals surface area contributed by atoms with Gasteiger partial charge in [0.2, 0.25) is 11.0 Å². The van der Waals surface area contributed by atoms with Crippen molar-refractivity contribution < 1.29 is 4.79 Å². The molecule has 0 fully saturated rings. The highest BCUT2D eigenvalue weighted by Crippen LogP contribution is 2.27. The molecule has 0 atom stereocenters. The standard InChI is InChI=1S/C23H23N5O3S/c1-4-27-21(30)17-7-5-6-8-18(17)28(23(27)31)13-19(29)24-22-26-25-20(32-22)16-11-9-15(10-12-16)14(2)3/h5-12,14H,4,13H2,1-3H3,(H,24,26,29). The van der Waals surface area contributed by atoms with Crippen LogP contribution >= 0.6 is 11.3 Å². The van der Waals surface area contributed by atoms with Crippen molar-refractivity contribution in [1.82, 2.24) is 19.3 Å². The molecule has 2 aromatic heterocycles. The minimum absolute atomic E-state index is 0.222. The summed E-state index contributed by atoms with van der Waals surface area (Å²) in [4.78, 5) is 38.1. The fourth-order valence-electron chi connectivity index (χ4n) is 3.51. The maximum Gasteiger partial charge on any atom is 0.331 e. The predicted octanol–water partition coefficient (Wildman–Crippen LogP) is 3.46. The summed E-state index contributed by atoms with van der Waals surface area (Å²) >= 11 is 1.26. The van der Waals surface area contributed by atoms with Crippen LogP contribution in [0, 0.1) is 0 Å². The maximum atomic E-state index is 12.8. The van der Waals surface area contributed by atoms with Crippen molar-refractivity contribution in [2.24, 2.45) is 0 Å². The van der Waals surface area contributed by atoms with Gasteiger partial charge in [0, 0.05) is 12.1 Å². The Morgan fingerprint density at radius 2 is 1.75 bits per heavy atom. The second-order valence-electron chi connectivity index (χ2n) is 7.67. The smallest absolute Gasteiger partial charge is 0.299 e. The summed E-state index contributed by atoms with van der Waals surface area (Å²) in [7, 11) is 0. The van der Waals surface area contributed by atoms with Crippen LogP contribution in [0.4, 0.5) is 5.13 Å². The summed E-state index contributed by atoms with van der Waals surface area (Å²) in [5.74, 6) is 0.0197. The van der Waals surface area contributed by atoms with Gasteiger partial charge in [-0.05, 0) is 30.5 Å². The third-order valence-corrected chi connectivity index (χ3v) is 6.13. The summed E-state index contributed by atoms with van der Waals surface area (Å²) in [5.41, 5.74) is 1.70. The number of carbonyl (C=O) groups is 1. The molecule has 1 amide bonds. The number of carbonyl (C=O) groups excluding carboxylic acids is 1. The summed E-state index contributed by atoms with van der Waals surface area (Å²) in [6.07, 6.45) is 0. The third-order valence-electron chi connectivity index (χ3n) is 5.25. The predicted molar refractivity (Wildman–Crippen MR) is 126 cm³/mol. The number of nitrogens with one attached hydrogen (secondary N) is 1. The van der Waals surface area contributed by atoms with E-state index >= 15 is 0 Å². The molecule has 1 N–H and O–H groups in total. The summed E-state index contributed by atoms with van der Waals surface area (Å²) in [6.45, 7) is 5.97. The van der Waals surface area contributed by atoms with E-state index < -0.39 is 11.6 Å². The minimum Gasteiger partial charge on any atom is -0.299 e. The molecule has 0 aliphatic carbocycles. The normalized spacial score (nSPS) is 11.2. The zero-order chi connectivity index (χ0) is 22.8. The van der Waals surface area contributed by atoms with Gasteiger partial charge < -0.3 is 0 Å².